The Balaban J connectivity index is 1.69. The molecular weight excluding hydrogens is 300 g/mol. The Kier molecular flexibility index (Phi) is 4.65. The van der Waals surface area contributed by atoms with Gasteiger partial charge < -0.3 is 5.32 Å². The molecule has 24 heavy (non-hydrogen) atoms. The second-order valence-electron chi connectivity index (χ2n) is 6.13. The van der Waals surface area contributed by atoms with Crippen molar-refractivity contribution < 1.29 is 9.59 Å². The van der Waals surface area contributed by atoms with Crippen molar-refractivity contribution >= 4 is 17.5 Å². The molecule has 2 aromatic carbocycles. The highest BCUT2D eigenvalue weighted by atomic mass is 16.2. The monoisotopic (exact) mass is 322 g/mol. The molecule has 1 aliphatic rings. The lowest BCUT2D eigenvalue weighted by molar-refractivity contribution is -0.125. The molecular formula is C20H22N2O2. The topological polar surface area (TPSA) is 49.4 Å². The summed E-state index contributed by atoms with van der Waals surface area (Å²) in [5, 5.41) is 2.97. The van der Waals surface area contributed by atoms with Crippen LogP contribution in [0.25, 0.3) is 0 Å². The van der Waals surface area contributed by atoms with Gasteiger partial charge in [0.1, 0.15) is 6.04 Å². The Hall–Kier alpha value is -2.62. The molecule has 0 saturated carbocycles. The van der Waals surface area contributed by atoms with Gasteiger partial charge in [-0.2, -0.15) is 0 Å². The zero-order valence-electron chi connectivity index (χ0n) is 14.1. The SMILES string of the molecule is CCc1ccc(CNC(=O)C2Cc3ccccc3N2C(C)=O)cc1. The van der Waals surface area contributed by atoms with E-state index in [1.807, 2.05) is 36.4 Å². The number of carbonyl (C=O) groups is 2. The molecule has 1 atom stereocenters. The highest BCUT2D eigenvalue weighted by Gasteiger charge is 2.36. The fourth-order valence-corrected chi connectivity index (χ4v) is 3.18. The van der Waals surface area contributed by atoms with E-state index >= 15 is 0 Å². The first-order chi connectivity index (χ1) is 11.6. The molecule has 1 aliphatic heterocycles. The smallest absolute Gasteiger partial charge is 0.243 e. The van der Waals surface area contributed by atoms with Crippen LogP contribution >= 0.6 is 0 Å². The summed E-state index contributed by atoms with van der Waals surface area (Å²) in [7, 11) is 0. The largest absolute Gasteiger partial charge is 0.350 e. The van der Waals surface area contributed by atoms with Crippen molar-refractivity contribution in [2.75, 3.05) is 4.90 Å². The molecule has 4 heteroatoms. The Morgan fingerprint density at radius 1 is 1.08 bits per heavy atom. The van der Waals surface area contributed by atoms with Crippen LogP contribution in [0.2, 0.25) is 0 Å². The van der Waals surface area contributed by atoms with Crippen molar-refractivity contribution in [3.8, 4) is 0 Å². The zero-order chi connectivity index (χ0) is 17.1. The number of amides is 2. The lowest BCUT2D eigenvalue weighted by atomic mass is 10.1. The van der Waals surface area contributed by atoms with Crippen LogP contribution in [0.5, 0.6) is 0 Å². The van der Waals surface area contributed by atoms with Crippen LogP contribution in [0.3, 0.4) is 0 Å². The molecule has 1 unspecified atom stereocenters. The van der Waals surface area contributed by atoms with Gasteiger partial charge in [-0.25, -0.2) is 0 Å². The van der Waals surface area contributed by atoms with Crippen molar-refractivity contribution in [1.29, 1.82) is 0 Å². The maximum Gasteiger partial charge on any atom is 0.243 e. The van der Waals surface area contributed by atoms with Crippen molar-refractivity contribution in [3.05, 3.63) is 65.2 Å². The van der Waals surface area contributed by atoms with Gasteiger partial charge in [0.05, 0.1) is 0 Å². The minimum Gasteiger partial charge on any atom is -0.350 e. The van der Waals surface area contributed by atoms with Crippen LogP contribution in [0.1, 0.15) is 30.5 Å². The molecule has 124 valence electrons. The van der Waals surface area contributed by atoms with E-state index in [1.165, 1.54) is 12.5 Å². The second kappa shape index (κ2) is 6.87. The maximum atomic E-state index is 12.6. The molecule has 3 rings (SSSR count). The zero-order valence-corrected chi connectivity index (χ0v) is 14.1. The highest BCUT2D eigenvalue weighted by Crippen LogP contribution is 2.32. The predicted molar refractivity (Wildman–Crippen MR) is 94.8 cm³/mol. The molecule has 0 fully saturated rings. The number of fused-ring (bicyclic) bond motifs is 1. The molecule has 1 N–H and O–H groups in total. The van der Waals surface area contributed by atoms with Gasteiger partial charge in [-0.15, -0.1) is 0 Å². The van der Waals surface area contributed by atoms with Gasteiger partial charge in [0.25, 0.3) is 0 Å². The molecule has 0 saturated heterocycles. The third kappa shape index (κ3) is 3.18. The third-order valence-electron chi connectivity index (χ3n) is 4.52. The quantitative estimate of drug-likeness (QED) is 0.941. The van der Waals surface area contributed by atoms with Gasteiger partial charge >= 0.3 is 0 Å². The average molecular weight is 322 g/mol. The first-order valence-electron chi connectivity index (χ1n) is 8.33. The van der Waals surface area contributed by atoms with Gasteiger partial charge in [-0.05, 0) is 29.2 Å². The number of nitrogens with one attached hydrogen (secondary N) is 1. The Morgan fingerprint density at radius 2 is 1.75 bits per heavy atom. The number of hydrogen-bond donors (Lipinski definition) is 1. The van der Waals surface area contributed by atoms with Crippen molar-refractivity contribution in [2.24, 2.45) is 0 Å². The Labute approximate surface area is 142 Å². The summed E-state index contributed by atoms with van der Waals surface area (Å²) in [4.78, 5) is 26.2. The second-order valence-corrected chi connectivity index (χ2v) is 6.13. The number of aryl methyl sites for hydroxylation is 1. The normalized spacial score (nSPS) is 15.9. The van der Waals surface area contributed by atoms with Gasteiger partial charge in [0.2, 0.25) is 11.8 Å². The van der Waals surface area contributed by atoms with Crippen molar-refractivity contribution in [1.82, 2.24) is 5.32 Å². The van der Waals surface area contributed by atoms with Crippen LogP contribution < -0.4 is 10.2 Å². The van der Waals surface area contributed by atoms with E-state index in [0.717, 1.165) is 23.2 Å². The summed E-state index contributed by atoms with van der Waals surface area (Å²) >= 11 is 0. The summed E-state index contributed by atoms with van der Waals surface area (Å²) in [5.74, 6) is -0.214. The van der Waals surface area contributed by atoms with E-state index in [2.05, 4.69) is 24.4 Å². The van der Waals surface area contributed by atoms with E-state index in [-0.39, 0.29) is 11.8 Å². The van der Waals surface area contributed by atoms with Crippen molar-refractivity contribution in [3.63, 3.8) is 0 Å². The summed E-state index contributed by atoms with van der Waals surface area (Å²) in [6.45, 7) is 4.10. The molecule has 0 bridgehead atoms. The Morgan fingerprint density at radius 3 is 2.42 bits per heavy atom. The number of nitrogens with zero attached hydrogens (tertiary/aromatic N) is 1. The van der Waals surface area contributed by atoms with E-state index in [9.17, 15) is 9.59 Å². The lowest BCUT2D eigenvalue weighted by Gasteiger charge is -2.23. The summed E-state index contributed by atoms with van der Waals surface area (Å²) in [5.41, 5.74) is 4.22. The minimum atomic E-state index is -0.463. The minimum absolute atomic E-state index is 0.104. The number of rotatable bonds is 4. The lowest BCUT2D eigenvalue weighted by Crippen LogP contribution is -2.47. The summed E-state index contributed by atoms with van der Waals surface area (Å²) in [6.07, 6.45) is 1.57. The van der Waals surface area contributed by atoms with Crippen LogP contribution in [0, 0.1) is 0 Å². The van der Waals surface area contributed by atoms with E-state index < -0.39 is 6.04 Å². The maximum absolute atomic E-state index is 12.6. The van der Waals surface area contributed by atoms with E-state index in [1.54, 1.807) is 4.90 Å². The number of hydrogen-bond acceptors (Lipinski definition) is 2. The standard InChI is InChI=1S/C20H22N2O2/c1-3-15-8-10-16(11-9-15)13-21-20(24)19-12-17-6-4-5-7-18(17)22(19)14(2)23/h4-11,19H,3,12-13H2,1-2H3,(H,21,24). The van der Waals surface area contributed by atoms with Gasteiger partial charge in [0.15, 0.2) is 0 Å². The fourth-order valence-electron chi connectivity index (χ4n) is 3.18. The average Bonchev–Trinajstić information content (AvgIpc) is 3.00. The molecule has 4 nitrogen and oxygen atoms in total. The number of benzene rings is 2. The Bertz CT molecular complexity index is 752. The number of para-hydroxylation sites is 1. The predicted octanol–water partition coefficient (Wildman–Crippen LogP) is 2.84. The first-order valence-corrected chi connectivity index (χ1v) is 8.33. The molecule has 0 radical (unpaired) electrons. The van der Waals surface area contributed by atoms with Crippen LogP contribution in [-0.4, -0.2) is 17.9 Å². The molecule has 0 spiro atoms. The summed E-state index contributed by atoms with van der Waals surface area (Å²) in [6, 6.07) is 15.5. The van der Waals surface area contributed by atoms with E-state index in [4.69, 9.17) is 0 Å². The first kappa shape index (κ1) is 16.2. The van der Waals surface area contributed by atoms with Gasteiger partial charge in [-0.1, -0.05) is 49.4 Å². The van der Waals surface area contributed by atoms with Gasteiger partial charge in [0, 0.05) is 25.6 Å². The molecule has 2 aromatic rings. The number of anilines is 1. The molecule has 1 heterocycles. The van der Waals surface area contributed by atoms with Crippen LogP contribution in [0.4, 0.5) is 5.69 Å². The molecule has 2 amide bonds. The van der Waals surface area contributed by atoms with Crippen molar-refractivity contribution in [2.45, 2.75) is 39.3 Å². The molecule has 0 aliphatic carbocycles. The molecule has 0 aromatic heterocycles. The van der Waals surface area contributed by atoms with Crippen LogP contribution in [-0.2, 0) is 29.0 Å². The number of carbonyl (C=O) groups excluding carboxylic acids is 2. The third-order valence-corrected chi connectivity index (χ3v) is 4.52. The highest BCUT2D eigenvalue weighted by molar-refractivity contribution is 6.02. The summed E-state index contributed by atoms with van der Waals surface area (Å²) < 4.78 is 0. The van der Waals surface area contributed by atoms with Gasteiger partial charge in [-0.3, -0.25) is 14.5 Å². The fraction of sp³-hybridized carbons (Fsp3) is 0.300. The van der Waals surface area contributed by atoms with Crippen LogP contribution in [0.15, 0.2) is 48.5 Å². The van der Waals surface area contributed by atoms with E-state index in [0.29, 0.717) is 13.0 Å².